The van der Waals surface area contributed by atoms with Crippen molar-refractivity contribution in [2.45, 2.75) is 11.8 Å². The summed E-state index contributed by atoms with van der Waals surface area (Å²) in [4.78, 5) is 10.5. The van der Waals surface area contributed by atoms with E-state index >= 15 is 0 Å². The van der Waals surface area contributed by atoms with Gasteiger partial charge in [-0.2, -0.15) is 5.26 Å². The number of nitriles is 1. The van der Waals surface area contributed by atoms with Gasteiger partial charge in [-0.25, -0.2) is 0 Å². The number of hydrogen-bond acceptors (Lipinski definition) is 5. The average Bonchev–Trinajstić information content (AvgIpc) is 2.21. The third-order valence-electron chi connectivity index (χ3n) is 1.59. The topological polar surface area (TPSA) is 76.2 Å². The summed E-state index contributed by atoms with van der Waals surface area (Å²) < 4.78 is 5.13. The molecule has 0 aliphatic rings. The van der Waals surface area contributed by atoms with Crippen molar-refractivity contribution >= 4 is 17.4 Å². The fourth-order valence-corrected chi connectivity index (χ4v) is 1.50. The molecule has 6 heteroatoms. The van der Waals surface area contributed by atoms with Crippen molar-refractivity contribution in [3.8, 4) is 11.2 Å². The van der Waals surface area contributed by atoms with Crippen molar-refractivity contribution in [2.75, 3.05) is 6.61 Å². The maximum Gasteiger partial charge on any atom is 0.287 e. The molecule has 0 atom stereocenters. The van der Waals surface area contributed by atoms with Gasteiger partial charge in [-0.1, -0.05) is 0 Å². The first-order valence-electron chi connectivity index (χ1n) is 4.16. The third-order valence-corrected chi connectivity index (χ3v) is 2.25. The minimum absolute atomic E-state index is 0.104. The number of thiocyanates is 1. The van der Waals surface area contributed by atoms with Crippen LogP contribution in [-0.2, 0) is 0 Å². The Kier molecular flexibility index (Phi) is 3.94. The molecule has 0 saturated heterocycles. The van der Waals surface area contributed by atoms with E-state index in [4.69, 9.17) is 10.00 Å². The lowest BCUT2D eigenvalue weighted by Crippen LogP contribution is -1.95. The molecule has 0 heterocycles. The number of nitro groups is 1. The van der Waals surface area contributed by atoms with Gasteiger partial charge in [0.1, 0.15) is 16.0 Å². The van der Waals surface area contributed by atoms with Crippen molar-refractivity contribution in [1.82, 2.24) is 0 Å². The molecule has 0 N–H and O–H groups in total. The summed E-state index contributed by atoms with van der Waals surface area (Å²) in [5.74, 6) is 0.437. The Morgan fingerprint density at radius 2 is 2.40 bits per heavy atom. The van der Waals surface area contributed by atoms with Gasteiger partial charge in [-0.15, -0.1) is 0 Å². The van der Waals surface area contributed by atoms with Crippen molar-refractivity contribution in [2.24, 2.45) is 0 Å². The molecule has 1 rings (SSSR count). The normalized spacial score (nSPS) is 9.33. The average molecular weight is 224 g/mol. The van der Waals surface area contributed by atoms with Gasteiger partial charge in [0.2, 0.25) is 0 Å². The predicted molar refractivity (Wildman–Crippen MR) is 55.7 cm³/mol. The van der Waals surface area contributed by atoms with Crippen molar-refractivity contribution in [3.05, 3.63) is 28.3 Å². The minimum Gasteiger partial charge on any atom is -0.494 e. The van der Waals surface area contributed by atoms with Gasteiger partial charge in [-0.05, 0) is 30.8 Å². The van der Waals surface area contributed by atoms with E-state index in [1.807, 2.05) is 0 Å². The molecule has 0 bridgehead atoms. The molecule has 0 radical (unpaired) electrons. The number of hydrogen-bond donors (Lipinski definition) is 0. The second kappa shape index (κ2) is 5.22. The van der Waals surface area contributed by atoms with Crippen LogP contribution in [0, 0.1) is 20.8 Å². The second-order valence-corrected chi connectivity index (χ2v) is 3.34. The largest absolute Gasteiger partial charge is 0.494 e. The van der Waals surface area contributed by atoms with E-state index < -0.39 is 4.92 Å². The highest BCUT2D eigenvalue weighted by Crippen LogP contribution is 2.31. The highest BCUT2D eigenvalue weighted by Gasteiger charge is 2.15. The zero-order valence-corrected chi connectivity index (χ0v) is 8.78. The van der Waals surface area contributed by atoms with Crippen LogP contribution in [0.15, 0.2) is 23.1 Å². The Morgan fingerprint density at radius 3 is 2.93 bits per heavy atom. The van der Waals surface area contributed by atoms with E-state index in [0.29, 0.717) is 17.3 Å². The van der Waals surface area contributed by atoms with E-state index in [0.717, 1.165) is 11.8 Å². The van der Waals surface area contributed by atoms with Crippen LogP contribution in [0.3, 0.4) is 0 Å². The Bertz CT molecular complexity index is 414. The SMILES string of the molecule is CCOc1ccc(SC#N)c([N+](=O)[O-])c1. The van der Waals surface area contributed by atoms with Gasteiger partial charge >= 0.3 is 0 Å². The quantitative estimate of drug-likeness (QED) is 0.340. The summed E-state index contributed by atoms with van der Waals surface area (Å²) in [6, 6.07) is 4.44. The van der Waals surface area contributed by atoms with Crippen LogP contribution in [-0.4, -0.2) is 11.5 Å². The lowest BCUT2D eigenvalue weighted by atomic mass is 10.3. The summed E-state index contributed by atoms with van der Waals surface area (Å²) in [5.41, 5.74) is -0.104. The van der Waals surface area contributed by atoms with Crippen LogP contribution < -0.4 is 4.74 Å². The van der Waals surface area contributed by atoms with Crippen LogP contribution in [0.25, 0.3) is 0 Å². The molecule has 1 aromatic rings. The van der Waals surface area contributed by atoms with E-state index in [2.05, 4.69) is 0 Å². The molecule has 15 heavy (non-hydrogen) atoms. The van der Waals surface area contributed by atoms with Crippen LogP contribution in [0.1, 0.15) is 6.92 Å². The first-order chi connectivity index (χ1) is 7.19. The lowest BCUT2D eigenvalue weighted by Gasteiger charge is -2.03. The Balaban J connectivity index is 3.10. The van der Waals surface area contributed by atoms with E-state index in [9.17, 15) is 10.1 Å². The molecule has 0 saturated carbocycles. The van der Waals surface area contributed by atoms with E-state index in [1.54, 1.807) is 18.4 Å². The molecule has 5 nitrogen and oxygen atoms in total. The van der Waals surface area contributed by atoms with Gasteiger partial charge in [0.15, 0.2) is 0 Å². The predicted octanol–water partition coefficient (Wildman–Crippen LogP) is 2.57. The number of thioether (sulfide) groups is 1. The Morgan fingerprint density at radius 1 is 1.67 bits per heavy atom. The maximum absolute atomic E-state index is 10.7. The molecular formula is C9H8N2O3S. The smallest absolute Gasteiger partial charge is 0.287 e. The first kappa shape index (κ1) is 11.3. The van der Waals surface area contributed by atoms with Gasteiger partial charge in [0.25, 0.3) is 5.69 Å². The molecule has 0 amide bonds. The minimum atomic E-state index is -0.526. The Labute approximate surface area is 90.8 Å². The molecule has 0 unspecified atom stereocenters. The summed E-state index contributed by atoms with van der Waals surface area (Å²) >= 11 is 0.765. The van der Waals surface area contributed by atoms with E-state index in [1.165, 1.54) is 12.1 Å². The second-order valence-electron chi connectivity index (χ2n) is 2.51. The number of rotatable bonds is 4. The molecule has 0 aliphatic carbocycles. The van der Waals surface area contributed by atoms with Crippen molar-refractivity contribution < 1.29 is 9.66 Å². The maximum atomic E-state index is 10.7. The standard InChI is InChI=1S/C9H8N2O3S/c1-2-14-7-3-4-9(15-6-10)8(5-7)11(12)13/h3-5H,2H2,1H3. The molecular weight excluding hydrogens is 216 g/mol. The summed E-state index contributed by atoms with van der Waals surface area (Å²) in [6.07, 6.45) is 0. The van der Waals surface area contributed by atoms with Crippen LogP contribution >= 0.6 is 11.8 Å². The van der Waals surface area contributed by atoms with Gasteiger partial charge in [0.05, 0.1) is 17.6 Å². The fraction of sp³-hybridized carbons (Fsp3) is 0.222. The molecule has 0 aliphatic heterocycles. The summed E-state index contributed by atoms with van der Waals surface area (Å²) in [6.45, 7) is 2.24. The van der Waals surface area contributed by atoms with Crippen molar-refractivity contribution in [1.29, 1.82) is 5.26 Å². The highest BCUT2D eigenvalue weighted by atomic mass is 32.2. The third kappa shape index (κ3) is 2.86. The Hall–Kier alpha value is -1.74. The zero-order valence-electron chi connectivity index (χ0n) is 7.97. The lowest BCUT2D eigenvalue weighted by molar-refractivity contribution is -0.387. The molecule has 78 valence electrons. The summed E-state index contributed by atoms with van der Waals surface area (Å²) in [5, 5.41) is 20.9. The molecule has 0 aromatic heterocycles. The van der Waals surface area contributed by atoms with Gasteiger partial charge < -0.3 is 4.74 Å². The van der Waals surface area contributed by atoms with Crippen LogP contribution in [0.4, 0.5) is 5.69 Å². The summed E-state index contributed by atoms with van der Waals surface area (Å²) in [7, 11) is 0. The van der Waals surface area contributed by atoms with Crippen molar-refractivity contribution in [3.63, 3.8) is 0 Å². The van der Waals surface area contributed by atoms with E-state index in [-0.39, 0.29) is 5.69 Å². The number of nitrogens with zero attached hydrogens (tertiary/aromatic N) is 2. The number of ether oxygens (including phenoxy) is 1. The van der Waals surface area contributed by atoms with Crippen LogP contribution in [0.5, 0.6) is 5.75 Å². The van der Waals surface area contributed by atoms with Gasteiger partial charge in [0, 0.05) is 0 Å². The monoisotopic (exact) mass is 224 g/mol. The number of benzene rings is 1. The molecule has 1 aromatic carbocycles. The van der Waals surface area contributed by atoms with Crippen LogP contribution in [0.2, 0.25) is 0 Å². The zero-order chi connectivity index (χ0) is 11.3. The molecule has 0 spiro atoms. The number of nitro benzene ring substituents is 1. The fourth-order valence-electron chi connectivity index (χ4n) is 1.03. The van der Waals surface area contributed by atoms with Gasteiger partial charge in [-0.3, -0.25) is 10.1 Å². The molecule has 0 fully saturated rings. The first-order valence-corrected chi connectivity index (χ1v) is 4.98. The highest BCUT2D eigenvalue weighted by molar-refractivity contribution is 8.03.